The Balaban J connectivity index is 1.04. The summed E-state index contributed by atoms with van der Waals surface area (Å²) in [5, 5.41) is 4.84. The fourth-order valence-corrected chi connectivity index (χ4v) is 9.67. The Labute approximate surface area is 304 Å². The van der Waals surface area contributed by atoms with E-state index in [2.05, 4.69) is 170 Å². The van der Waals surface area contributed by atoms with Crippen molar-refractivity contribution in [3.8, 4) is 33.8 Å². The summed E-state index contributed by atoms with van der Waals surface area (Å²) in [6.45, 7) is 0. The van der Waals surface area contributed by atoms with E-state index in [0.717, 1.165) is 61.3 Å². The maximum atomic E-state index is 6.77. The zero-order chi connectivity index (χ0) is 34.2. The van der Waals surface area contributed by atoms with Gasteiger partial charge in [0.05, 0.1) is 5.41 Å². The molecule has 2 nitrogen and oxygen atoms in total. The van der Waals surface area contributed by atoms with Crippen molar-refractivity contribution in [3.63, 3.8) is 0 Å². The molecule has 52 heavy (non-hydrogen) atoms. The van der Waals surface area contributed by atoms with E-state index in [1.165, 1.54) is 36.9 Å². The van der Waals surface area contributed by atoms with Crippen LogP contribution in [-0.4, -0.2) is 0 Å². The quantitative estimate of drug-likeness (QED) is 0.184. The van der Waals surface area contributed by atoms with Crippen LogP contribution in [0.1, 0.15) is 22.3 Å². The van der Waals surface area contributed by atoms with E-state index in [1.54, 1.807) is 0 Å². The van der Waals surface area contributed by atoms with Gasteiger partial charge in [0.15, 0.2) is 0 Å². The van der Waals surface area contributed by atoms with E-state index in [4.69, 9.17) is 9.15 Å². The Morgan fingerprint density at radius 3 is 1.79 bits per heavy atom. The maximum absolute atomic E-state index is 6.77. The molecule has 0 N–H and O–H groups in total. The highest BCUT2D eigenvalue weighted by Crippen LogP contribution is 2.56. The van der Waals surface area contributed by atoms with Crippen LogP contribution in [-0.2, 0) is 5.41 Å². The average molecular weight is 683 g/mol. The molecule has 0 saturated carbocycles. The molecule has 1 aliphatic rings. The Hall–Kier alpha value is -6.42. The van der Waals surface area contributed by atoms with Gasteiger partial charge in [0.1, 0.15) is 22.7 Å². The second kappa shape index (κ2) is 11.3. The van der Waals surface area contributed by atoms with Crippen molar-refractivity contribution in [1.29, 1.82) is 0 Å². The number of hydrogen-bond acceptors (Lipinski definition) is 3. The second-order valence-corrected chi connectivity index (χ2v) is 14.7. The number of para-hydroxylation sites is 3. The van der Waals surface area contributed by atoms with Gasteiger partial charge in [-0.05, 0) is 58.1 Å². The van der Waals surface area contributed by atoms with Crippen molar-refractivity contribution in [1.82, 2.24) is 0 Å². The topological polar surface area (TPSA) is 22.4 Å². The Bertz CT molecular complexity index is 2950. The number of furan rings is 1. The fraction of sp³-hybridized carbons (Fsp3) is 0.0204. The smallest absolute Gasteiger partial charge is 0.143 e. The first-order chi connectivity index (χ1) is 25.8. The molecule has 2 aromatic heterocycles. The molecule has 0 unspecified atom stereocenters. The van der Waals surface area contributed by atoms with Crippen molar-refractivity contribution in [3.05, 3.63) is 204 Å². The highest BCUT2D eigenvalue weighted by molar-refractivity contribution is 7.25. The molecule has 0 radical (unpaired) electrons. The number of benzene rings is 8. The number of rotatable bonds is 4. The summed E-state index contributed by atoms with van der Waals surface area (Å²) in [6, 6.07) is 65.3. The summed E-state index contributed by atoms with van der Waals surface area (Å²) in [7, 11) is 0. The van der Waals surface area contributed by atoms with Crippen molar-refractivity contribution in [2.75, 3.05) is 0 Å². The molecule has 0 fully saturated rings. The molecule has 0 aliphatic carbocycles. The first kappa shape index (κ1) is 29.3. The standard InChI is InChI=1S/C49H30O2S/c1-3-12-34(13-4-1)49(35-14-5-2-6-15-35)41-19-8-10-21-44(41)50-45-28-31(24-27-42(45)49)32-22-25-38-39-26-23-33(30-47(39)52-46(38)29-32)36-17-11-18-40-37-16-7-9-20-43(37)51-48(36)40/h1-30H. The van der Waals surface area contributed by atoms with Crippen molar-refractivity contribution < 1.29 is 9.15 Å². The van der Waals surface area contributed by atoms with Gasteiger partial charge < -0.3 is 9.15 Å². The predicted octanol–water partition coefficient (Wildman–Crippen LogP) is 13.8. The van der Waals surface area contributed by atoms with Gasteiger partial charge in [0, 0.05) is 47.6 Å². The molecule has 8 aromatic carbocycles. The first-order valence-electron chi connectivity index (χ1n) is 17.7. The lowest BCUT2D eigenvalue weighted by Gasteiger charge is -2.41. The minimum absolute atomic E-state index is 0.523. The summed E-state index contributed by atoms with van der Waals surface area (Å²) >= 11 is 1.84. The summed E-state index contributed by atoms with van der Waals surface area (Å²) in [6.07, 6.45) is 0. The third-order valence-electron chi connectivity index (χ3n) is 10.8. The van der Waals surface area contributed by atoms with Gasteiger partial charge in [0.2, 0.25) is 0 Å². The van der Waals surface area contributed by atoms with Gasteiger partial charge >= 0.3 is 0 Å². The minimum Gasteiger partial charge on any atom is -0.457 e. The Kier molecular flexibility index (Phi) is 6.37. The molecule has 0 bridgehead atoms. The van der Waals surface area contributed by atoms with E-state index >= 15 is 0 Å². The van der Waals surface area contributed by atoms with Gasteiger partial charge in [0.25, 0.3) is 0 Å². The van der Waals surface area contributed by atoms with Crippen molar-refractivity contribution >= 4 is 53.4 Å². The van der Waals surface area contributed by atoms with Gasteiger partial charge in [-0.25, -0.2) is 0 Å². The molecular weight excluding hydrogens is 653 g/mol. The highest BCUT2D eigenvalue weighted by atomic mass is 32.1. The fourth-order valence-electron chi connectivity index (χ4n) is 8.49. The maximum Gasteiger partial charge on any atom is 0.143 e. The van der Waals surface area contributed by atoms with Crippen LogP contribution in [0.3, 0.4) is 0 Å². The molecule has 244 valence electrons. The van der Waals surface area contributed by atoms with Crippen molar-refractivity contribution in [2.45, 2.75) is 5.41 Å². The molecule has 3 heteroatoms. The summed E-state index contributed by atoms with van der Waals surface area (Å²) < 4.78 is 15.7. The highest BCUT2D eigenvalue weighted by Gasteiger charge is 2.45. The molecule has 10 aromatic rings. The molecule has 0 spiro atoms. The van der Waals surface area contributed by atoms with Crippen LogP contribution in [0.2, 0.25) is 0 Å². The normalized spacial score (nSPS) is 13.3. The molecule has 0 amide bonds. The van der Waals surface area contributed by atoms with E-state index in [0.29, 0.717) is 0 Å². The predicted molar refractivity (Wildman–Crippen MR) is 216 cm³/mol. The average Bonchev–Trinajstić information content (AvgIpc) is 3.78. The lowest BCUT2D eigenvalue weighted by atomic mass is 9.63. The summed E-state index contributed by atoms with van der Waals surface area (Å²) in [5.41, 5.74) is 10.6. The molecule has 3 heterocycles. The van der Waals surface area contributed by atoms with Gasteiger partial charge in [-0.3, -0.25) is 0 Å². The van der Waals surface area contributed by atoms with Crippen LogP contribution in [0.25, 0.3) is 64.4 Å². The van der Waals surface area contributed by atoms with Crippen LogP contribution >= 0.6 is 11.3 Å². The third kappa shape index (κ3) is 4.24. The van der Waals surface area contributed by atoms with E-state index in [1.807, 2.05) is 23.5 Å². The molecule has 11 rings (SSSR count). The summed E-state index contributed by atoms with van der Waals surface area (Å²) in [5.74, 6) is 1.76. The van der Waals surface area contributed by atoms with E-state index < -0.39 is 5.41 Å². The number of fused-ring (bicyclic) bond motifs is 8. The Morgan fingerprint density at radius 2 is 1.00 bits per heavy atom. The largest absolute Gasteiger partial charge is 0.457 e. The van der Waals surface area contributed by atoms with Gasteiger partial charge in [-0.2, -0.15) is 0 Å². The van der Waals surface area contributed by atoms with Crippen LogP contribution < -0.4 is 4.74 Å². The SMILES string of the molecule is c1ccc(C2(c3ccccc3)c3ccccc3Oc3cc(-c4ccc5c(c4)sc4cc(-c6cccc7c6oc6ccccc67)ccc45)ccc32)cc1. The number of hydrogen-bond donors (Lipinski definition) is 0. The van der Waals surface area contributed by atoms with E-state index in [-0.39, 0.29) is 0 Å². The van der Waals surface area contributed by atoms with Crippen molar-refractivity contribution in [2.24, 2.45) is 0 Å². The second-order valence-electron chi connectivity index (χ2n) is 13.6. The lowest BCUT2D eigenvalue weighted by molar-refractivity contribution is 0.435. The lowest BCUT2D eigenvalue weighted by Crippen LogP contribution is -2.34. The van der Waals surface area contributed by atoms with Gasteiger partial charge in [-0.15, -0.1) is 11.3 Å². The molecule has 0 atom stereocenters. The Morgan fingerprint density at radius 1 is 0.404 bits per heavy atom. The minimum atomic E-state index is -0.523. The monoisotopic (exact) mass is 682 g/mol. The van der Waals surface area contributed by atoms with Crippen LogP contribution in [0.5, 0.6) is 11.5 Å². The molecule has 0 saturated heterocycles. The number of thiophene rings is 1. The zero-order valence-electron chi connectivity index (χ0n) is 28.0. The zero-order valence-corrected chi connectivity index (χ0v) is 28.9. The van der Waals surface area contributed by atoms with Crippen LogP contribution in [0.4, 0.5) is 0 Å². The van der Waals surface area contributed by atoms with Crippen LogP contribution in [0.15, 0.2) is 186 Å². The third-order valence-corrected chi connectivity index (χ3v) is 11.9. The number of ether oxygens (including phenoxy) is 1. The molecular formula is C49H30O2S. The first-order valence-corrected chi connectivity index (χ1v) is 18.5. The van der Waals surface area contributed by atoms with E-state index in [9.17, 15) is 0 Å². The summed E-state index contributed by atoms with van der Waals surface area (Å²) in [4.78, 5) is 0. The van der Waals surface area contributed by atoms with Crippen LogP contribution in [0, 0.1) is 0 Å². The molecule has 1 aliphatic heterocycles. The van der Waals surface area contributed by atoms with Gasteiger partial charge in [-0.1, -0.05) is 152 Å².